The van der Waals surface area contributed by atoms with Crippen LogP contribution in [0.2, 0.25) is 0 Å². The summed E-state index contributed by atoms with van der Waals surface area (Å²) in [7, 11) is -1.28. The van der Waals surface area contributed by atoms with E-state index in [1.807, 2.05) is 39.1 Å². The van der Waals surface area contributed by atoms with E-state index >= 15 is 0 Å². The van der Waals surface area contributed by atoms with E-state index in [-0.39, 0.29) is 23.7 Å². The SMILES string of the molecule is CCn1nc(Cc2ccc(S(C)(=O)=O)cc2)cc1C1CCN(C[C@H]2C[C@H](N(C)[C@@H](C(=O)O)C(C)C)C[C@@H]2c2cccc(F)c2)CC1. The molecule has 2 aromatic carbocycles. The van der Waals surface area contributed by atoms with Crippen LogP contribution in [0.25, 0.3) is 0 Å². The molecule has 5 rings (SSSR count). The molecular weight excluding hydrogens is 603 g/mol. The van der Waals surface area contributed by atoms with Gasteiger partial charge in [-0.25, -0.2) is 12.8 Å². The first-order valence-corrected chi connectivity index (χ1v) is 18.5. The van der Waals surface area contributed by atoms with E-state index < -0.39 is 21.8 Å². The largest absolute Gasteiger partial charge is 0.480 e. The maximum atomic E-state index is 14.3. The average molecular weight is 653 g/mol. The summed E-state index contributed by atoms with van der Waals surface area (Å²) in [6, 6.07) is 15.8. The van der Waals surface area contributed by atoms with Crippen molar-refractivity contribution in [2.75, 3.05) is 32.9 Å². The standard InChI is InChI=1S/C36H49FN4O4S/c1-6-41-34(21-30(38-41)18-25-10-12-32(13-11-25)46(5,44)45)26-14-16-40(17-15-26)23-28-20-31(39(4)35(24(2)3)36(42)43)22-33(28)27-8-7-9-29(37)19-27/h7-13,19,21,24,26,28,31,33,35H,6,14-18,20,22-23H2,1-5H3,(H,42,43)/t28-,31+,33-,35-/m1/s1. The van der Waals surface area contributed by atoms with Gasteiger partial charge in [-0.1, -0.05) is 38.1 Å². The van der Waals surface area contributed by atoms with Crippen molar-refractivity contribution in [3.05, 3.63) is 82.9 Å². The normalized spacial score (nSPS) is 22.1. The number of hydrogen-bond donors (Lipinski definition) is 1. The number of aryl methyl sites for hydroxylation is 1. The van der Waals surface area contributed by atoms with Crippen LogP contribution in [0.4, 0.5) is 4.39 Å². The van der Waals surface area contributed by atoms with Crippen LogP contribution < -0.4 is 0 Å². The number of benzene rings is 2. The molecule has 1 saturated heterocycles. The van der Waals surface area contributed by atoms with Crippen LogP contribution in [0.3, 0.4) is 0 Å². The Hall–Kier alpha value is -3.08. The number of carbonyl (C=O) groups is 1. The van der Waals surface area contributed by atoms with Gasteiger partial charge in [0.05, 0.1) is 10.6 Å². The Morgan fingerprint density at radius 1 is 1.09 bits per heavy atom. The highest BCUT2D eigenvalue weighted by molar-refractivity contribution is 7.90. The Bertz CT molecular complexity index is 1600. The summed E-state index contributed by atoms with van der Waals surface area (Å²) in [6.45, 7) is 9.69. The minimum absolute atomic E-state index is 0.00861. The van der Waals surface area contributed by atoms with E-state index in [9.17, 15) is 22.7 Å². The van der Waals surface area contributed by atoms with Gasteiger partial charge in [0.25, 0.3) is 0 Å². The van der Waals surface area contributed by atoms with E-state index in [1.54, 1.807) is 24.3 Å². The number of likely N-dealkylation sites (N-methyl/N-ethyl adjacent to an activating group) is 1. The van der Waals surface area contributed by atoms with Crippen molar-refractivity contribution in [1.82, 2.24) is 19.6 Å². The fourth-order valence-corrected chi connectivity index (χ4v) is 8.52. The van der Waals surface area contributed by atoms with Crippen LogP contribution in [0.1, 0.15) is 80.8 Å². The second-order valence-electron chi connectivity index (χ2n) is 13.8. The lowest BCUT2D eigenvalue weighted by molar-refractivity contribution is -0.145. The molecule has 8 nitrogen and oxygen atoms in total. The highest BCUT2D eigenvalue weighted by Crippen LogP contribution is 2.43. The number of aliphatic carboxylic acids is 1. The summed E-state index contributed by atoms with van der Waals surface area (Å²) in [6.07, 6.45) is 5.66. The molecule has 2 heterocycles. The van der Waals surface area contributed by atoms with Crippen molar-refractivity contribution in [1.29, 1.82) is 0 Å². The maximum absolute atomic E-state index is 14.3. The molecule has 0 unspecified atom stereocenters. The van der Waals surface area contributed by atoms with Crippen LogP contribution in [-0.2, 0) is 27.6 Å². The molecule has 1 N–H and O–H groups in total. The molecule has 0 spiro atoms. The first kappa shape index (κ1) is 34.3. The van der Waals surface area contributed by atoms with Gasteiger partial charge in [0.1, 0.15) is 11.9 Å². The van der Waals surface area contributed by atoms with E-state index in [4.69, 9.17) is 5.10 Å². The zero-order valence-electron chi connectivity index (χ0n) is 27.8. The lowest BCUT2D eigenvalue weighted by atomic mass is 9.87. The quantitative estimate of drug-likeness (QED) is 0.264. The number of carboxylic acid groups (broad SMARTS) is 1. The molecule has 1 aliphatic heterocycles. The number of aromatic nitrogens is 2. The van der Waals surface area contributed by atoms with Gasteiger partial charge in [0, 0.05) is 43.4 Å². The van der Waals surface area contributed by atoms with E-state index in [0.717, 1.165) is 68.7 Å². The molecule has 0 amide bonds. The minimum Gasteiger partial charge on any atom is -0.480 e. The lowest BCUT2D eigenvalue weighted by Crippen LogP contribution is -2.47. The second kappa shape index (κ2) is 14.4. The Labute approximate surface area is 273 Å². The summed E-state index contributed by atoms with van der Waals surface area (Å²) < 4.78 is 40.1. The number of likely N-dealkylation sites (tertiary alicyclic amines) is 1. The number of sulfone groups is 1. The molecule has 250 valence electrons. The van der Waals surface area contributed by atoms with Crippen LogP contribution in [0.5, 0.6) is 0 Å². The summed E-state index contributed by atoms with van der Waals surface area (Å²) >= 11 is 0. The topological polar surface area (TPSA) is 95.7 Å². The molecule has 2 fully saturated rings. The van der Waals surface area contributed by atoms with Crippen LogP contribution in [0, 0.1) is 17.7 Å². The van der Waals surface area contributed by atoms with Gasteiger partial charge >= 0.3 is 5.97 Å². The Kier molecular flexibility index (Phi) is 10.7. The molecule has 10 heteroatoms. The summed E-state index contributed by atoms with van der Waals surface area (Å²) in [4.78, 5) is 17.1. The Morgan fingerprint density at radius 2 is 1.78 bits per heavy atom. The second-order valence-corrected chi connectivity index (χ2v) is 15.8. The van der Waals surface area contributed by atoms with Gasteiger partial charge in [-0.15, -0.1) is 0 Å². The molecule has 1 aliphatic carbocycles. The highest BCUT2D eigenvalue weighted by Gasteiger charge is 2.42. The van der Waals surface area contributed by atoms with Gasteiger partial charge < -0.3 is 10.0 Å². The highest BCUT2D eigenvalue weighted by atomic mass is 32.2. The molecule has 46 heavy (non-hydrogen) atoms. The molecule has 0 bridgehead atoms. The van der Waals surface area contributed by atoms with Crippen LogP contribution in [0.15, 0.2) is 59.5 Å². The van der Waals surface area contributed by atoms with Gasteiger partial charge in [0.2, 0.25) is 0 Å². The van der Waals surface area contributed by atoms with Crippen LogP contribution in [-0.4, -0.2) is 84.1 Å². The Morgan fingerprint density at radius 3 is 2.37 bits per heavy atom. The predicted molar refractivity (Wildman–Crippen MR) is 178 cm³/mol. The minimum atomic E-state index is -3.22. The van der Waals surface area contributed by atoms with E-state index in [2.05, 4.69) is 27.5 Å². The third kappa shape index (κ3) is 7.89. The van der Waals surface area contributed by atoms with Gasteiger partial charge in [-0.05, 0) is 112 Å². The van der Waals surface area contributed by atoms with Crippen molar-refractivity contribution in [3.8, 4) is 0 Å². The number of rotatable bonds is 12. The molecule has 4 atom stereocenters. The molecular formula is C36H49FN4O4S. The van der Waals surface area contributed by atoms with Crippen molar-refractivity contribution >= 4 is 15.8 Å². The summed E-state index contributed by atoms with van der Waals surface area (Å²) in [5.74, 6) is -0.117. The van der Waals surface area contributed by atoms with Crippen molar-refractivity contribution in [3.63, 3.8) is 0 Å². The molecule has 2 aliphatic rings. The number of piperidine rings is 1. The number of halogens is 1. The average Bonchev–Trinajstić information content (AvgIpc) is 3.61. The van der Waals surface area contributed by atoms with E-state index in [1.165, 1.54) is 18.0 Å². The monoisotopic (exact) mass is 652 g/mol. The third-order valence-electron chi connectivity index (χ3n) is 10.2. The predicted octanol–water partition coefficient (Wildman–Crippen LogP) is 5.82. The first-order valence-electron chi connectivity index (χ1n) is 16.6. The first-order chi connectivity index (χ1) is 21.8. The van der Waals surface area contributed by atoms with Crippen molar-refractivity contribution in [2.24, 2.45) is 11.8 Å². The van der Waals surface area contributed by atoms with Crippen molar-refractivity contribution in [2.45, 2.75) is 88.2 Å². The number of nitrogens with zero attached hydrogens (tertiary/aromatic N) is 4. The van der Waals surface area contributed by atoms with Gasteiger partial charge in [-0.3, -0.25) is 14.4 Å². The number of carboxylic acids is 1. The Balaban J connectivity index is 1.25. The third-order valence-corrected chi connectivity index (χ3v) is 11.4. The van der Waals surface area contributed by atoms with Gasteiger partial charge in [-0.2, -0.15) is 5.10 Å². The fourth-order valence-electron chi connectivity index (χ4n) is 7.89. The van der Waals surface area contributed by atoms with Crippen molar-refractivity contribution < 1.29 is 22.7 Å². The summed E-state index contributed by atoms with van der Waals surface area (Å²) in [5.41, 5.74) is 4.30. The van der Waals surface area contributed by atoms with E-state index in [0.29, 0.717) is 23.2 Å². The smallest absolute Gasteiger partial charge is 0.321 e. The number of hydrogen-bond acceptors (Lipinski definition) is 6. The fraction of sp³-hybridized carbons (Fsp3) is 0.556. The summed E-state index contributed by atoms with van der Waals surface area (Å²) in [5, 5.41) is 14.9. The molecule has 1 aromatic heterocycles. The van der Waals surface area contributed by atoms with Crippen LogP contribution >= 0.6 is 0 Å². The molecule has 0 radical (unpaired) electrons. The zero-order valence-corrected chi connectivity index (χ0v) is 28.6. The zero-order chi connectivity index (χ0) is 33.2. The molecule has 1 saturated carbocycles. The molecule has 3 aromatic rings. The lowest BCUT2D eigenvalue weighted by Gasteiger charge is -2.35. The maximum Gasteiger partial charge on any atom is 0.321 e. The van der Waals surface area contributed by atoms with Gasteiger partial charge in [0.15, 0.2) is 9.84 Å².